The first-order chi connectivity index (χ1) is 8.44. The summed E-state index contributed by atoms with van der Waals surface area (Å²) in [4.78, 5) is 13.8. The quantitative estimate of drug-likeness (QED) is 0.816. The standard InChI is InChI=1S/C13H23NO4/c1-12(2)8-14(5-7-18-12)9-13(11(15)16)4-3-6-17-10-13/h3-10H2,1-2H3,(H,15,16). The highest BCUT2D eigenvalue weighted by atomic mass is 16.5. The Kier molecular flexibility index (Phi) is 3.94. The Labute approximate surface area is 108 Å². The number of carboxylic acid groups (broad SMARTS) is 1. The summed E-state index contributed by atoms with van der Waals surface area (Å²) in [5.74, 6) is -0.730. The molecule has 2 heterocycles. The Hall–Kier alpha value is -0.650. The molecule has 5 heteroatoms. The van der Waals surface area contributed by atoms with Gasteiger partial charge in [-0.2, -0.15) is 0 Å². The van der Waals surface area contributed by atoms with Crippen molar-refractivity contribution in [3.63, 3.8) is 0 Å². The van der Waals surface area contributed by atoms with Gasteiger partial charge in [0.1, 0.15) is 5.41 Å². The Morgan fingerprint density at radius 3 is 2.72 bits per heavy atom. The molecule has 0 aromatic rings. The molecule has 0 aromatic heterocycles. The van der Waals surface area contributed by atoms with Crippen molar-refractivity contribution in [2.75, 3.05) is 39.5 Å². The molecule has 1 atom stereocenters. The van der Waals surface area contributed by atoms with Gasteiger partial charge in [0.2, 0.25) is 0 Å². The van der Waals surface area contributed by atoms with E-state index >= 15 is 0 Å². The van der Waals surface area contributed by atoms with E-state index in [1.807, 2.05) is 13.8 Å². The number of nitrogens with zero attached hydrogens (tertiary/aromatic N) is 1. The van der Waals surface area contributed by atoms with Crippen LogP contribution in [0.2, 0.25) is 0 Å². The van der Waals surface area contributed by atoms with Crippen LogP contribution in [0.3, 0.4) is 0 Å². The summed E-state index contributed by atoms with van der Waals surface area (Å²) in [6.07, 6.45) is 1.54. The van der Waals surface area contributed by atoms with Gasteiger partial charge in [-0.25, -0.2) is 0 Å². The summed E-state index contributed by atoms with van der Waals surface area (Å²) in [5.41, 5.74) is -0.918. The molecule has 0 amide bonds. The largest absolute Gasteiger partial charge is 0.481 e. The molecule has 0 bridgehead atoms. The molecule has 2 fully saturated rings. The molecule has 1 N–H and O–H groups in total. The van der Waals surface area contributed by atoms with E-state index in [1.54, 1.807) is 0 Å². The second kappa shape index (κ2) is 5.15. The topological polar surface area (TPSA) is 59.0 Å². The normalized spacial score (nSPS) is 33.2. The van der Waals surface area contributed by atoms with Crippen LogP contribution in [0.4, 0.5) is 0 Å². The van der Waals surface area contributed by atoms with Crippen molar-refractivity contribution >= 4 is 5.97 Å². The van der Waals surface area contributed by atoms with E-state index in [0.29, 0.717) is 32.8 Å². The molecule has 0 aromatic carbocycles. The lowest BCUT2D eigenvalue weighted by atomic mass is 9.81. The molecule has 0 aliphatic carbocycles. The highest BCUT2D eigenvalue weighted by molar-refractivity contribution is 5.75. The fraction of sp³-hybridized carbons (Fsp3) is 0.923. The summed E-state index contributed by atoms with van der Waals surface area (Å²) in [5, 5.41) is 9.51. The lowest BCUT2D eigenvalue weighted by molar-refractivity contribution is -0.163. The summed E-state index contributed by atoms with van der Waals surface area (Å²) in [6, 6.07) is 0. The van der Waals surface area contributed by atoms with E-state index < -0.39 is 11.4 Å². The van der Waals surface area contributed by atoms with Gasteiger partial charge in [-0.3, -0.25) is 9.69 Å². The van der Waals surface area contributed by atoms with Gasteiger partial charge in [-0.15, -0.1) is 0 Å². The first-order valence-electron chi connectivity index (χ1n) is 6.61. The average molecular weight is 257 g/mol. The summed E-state index contributed by atoms with van der Waals surface area (Å²) in [7, 11) is 0. The smallest absolute Gasteiger partial charge is 0.313 e. The molecule has 0 spiro atoms. The zero-order chi connectivity index (χ0) is 13.2. The van der Waals surface area contributed by atoms with Crippen molar-refractivity contribution < 1.29 is 19.4 Å². The minimum atomic E-state index is -0.730. The van der Waals surface area contributed by atoms with Crippen LogP contribution in [0.25, 0.3) is 0 Å². The third-order valence-electron chi connectivity index (χ3n) is 3.81. The van der Waals surface area contributed by atoms with E-state index in [-0.39, 0.29) is 5.60 Å². The van der Waals surface area contributed by atoms with Crippen molar-refractivity contribution in [3.05, 3.63) is 0 Å². The second-order valence-electron chi connectivity index (χ2n) is 6.06. The molecule has 2 rings (SSSR count). The number of carbonyl (C=O) groups is 1. The Bertz CT molecular complexity index is 310. The molecule has 1 unspecified atom stereocenters. The van der Waals surface area contributed by atoms with Crippen LogP contribution in [0.15, 0.2) is 0 Å². The van der Waals surface area contributed by atoms with Gasteiger partial charge in [-0.05, 0) is 26.7 Å². The maximum absolute atomic E-state index is 11.6. The SMILES string of the molecule is CC1(C)CN(CC2(C(=O)O)CCCOC2)CCO1. The van der Waals surface area contributed by atoms with Crippen molar-refractivity contribution in [1.82, 2.24) is 4.90 Å². The van der Waals surface area contributed by atoms with E-state index in [1.165, 1.54) is 0 Å². The molecule has 2 aliphatic heterocycles. The number of aliphatic carboxylic acids is 1. The number of hydrogen-bond acceptors (Lipinski definition) is 4. The van der Waals surface area contributed by atoms with E-state index in [4.69, 9.17) is 9.47 Å². The van der Waals surface area contributed by atoms with E-state index in [0.717, 1.165) is 19.5 Å². The number of rotatable bonds is 3. The average Bonchev–Trinajstić information content (AvgIpc) is 2.28. The van der Waals surface area contributed by atoms with Gasteiger partial charge >= 0.3 is 5.97 Å². The van der Waals surface area contributed by atoms with Gasteiger partial charge in [-0.1, -0.05) is 0 Å². The minimum Gasteiger partial charge on any atom is -0.481 e. The Morgan fingerprint density at radius 1 is 1.39 bits per heavy atom. The van der Waals surface area contributed by atoms with Gasteiger partial charge in [0.15, 0.2) is 0 Å². The van der Waals surface area contributed by atoms with Crippen LogP contribution < -0.4 is 0 Å². The van der Waals surface area contributed by atoms with Crippen LogP contribution in [0.5, 0.6) is 0 Å². The van der Waals surface area contributed by atoms with Gasteiger partial charge in [0.25, 0.3) is 0 Å². The molecule has 104 valence electrons. The van der Waals surface area contributed by atoms with Gasteiger partial charge in [0.05, 0.1) is 18.8 Å². The number of morpholine rings is 1. The van der Waals surface area contributed by atoms with Gasteiger partial charge < -0.3 is 14.6 Å². The highest BCUT2D eigenvalue weighted by Gasteiger charge is 2.43. The molecule has 2 aliphatic rings. The molecule has 0 radical (unpaired) electrons. The van der Waals surface area contributed by atoms with Crippen molar-refractivity contribution in [1.29, 1.82) is 0 Å². The zero-order valence-corrected chi connectivity index (χ0v) is 11.3. The van der Waals surface area contributed by atoms with Crippen LogP contribution in [0, 0.1) is 5.41 Å². The highest BCUT2D eigenvalue weighted by Crippen LogP contribution is 2.31. The van der Waals surface area contributed by atoms with Crippen molar-refractivity contribution in [2.45, 2.75) is 32.3 Å². The molecule has 2 saturated heterocycles. The molecular formula is C13H23NO4. The first kappa shape index (κ1) is 13.8. The molecule has 0 saturated carbocycles. The monoisotopic (exact) mass is 257 g/mol. The molecule has 18 heavy (non-hydrogen) atoms. The first-order valence-corrected chi connectivity index (χ1v) is 6.61. The van der Waals surface area contributed by atoms with Crippen LogP contribution in [0.1, 0.15) is 26.7 Å². The van der Waals surface area contributed by atoms with E-state index in [9.17, 15) is 9.90 Å². The van der Waals surface area contributed by atoms with E-state index in [2.05, 4.69) is 4.90 Å². The Morgan fingerprint density at radius 2 is 2.17 bits per heavy atom. The molecular weight excluding hydrogens is 234 g/mol. The predicted octanol–water partition coefficient (Wildman–Crippen LogP) is 0.979. The predicted molar refractivity (Wildman–Crippen MR) is 66.6 cm³/mol. The summed E-state index contributed by atoms with van der Waals surface area (Å²) >= 11 is 0. The van der Waals surface area contributed by atoms with Crippen LogP contribution >= 0.6 is 0 Å². The second-order valence-corrected chi connectivity index (χ2v) is 6.06. The number of ether oxygens (including phenoxy) is 2. The minimum absolute atomic E-state index is 0.187. The summed E-state index contributed by atoms with van der Waals surface area (Å²) in [6.45, 7) is 7.93. The fourth-order valence-corrected chi connectivity index (χ4v) is 2.89. The third kappa shape index (κ3) is 3.02. The number of carboxylic acids is 1. The van der Waals surface area contributed by atoms with Gasteiger partial charge in [0, 0.05) is 26.2 Å². The summed E-state index contributed by atoms with van der Waals surface area (Å²) < 4.78 is 11.1. The third-order valence-corrected chi connectivity index (χ3v) is 3.81. The maximum atomic E-state index is 11.6. The molecule has 5 nitrogen and oxygen atoms in total. The maximum Gasteiger partial charge on any atom is 0.313 e. The van der Waals surface area contributed by atoms with Crippen molar-refractivity contribution in [3.8, 4) is 0 Å². The zero-order valence-electron chi connectivity index (χ0n) is 11.3. The van der Waals surface area contributed by atoms with Crippen LogP contribution in [-0.4, -0.2) is 61.0 Å². The lowest BCUT2D eigenvalue weighted by Gasteiger charge is -2.43. The van der Waals surface area contributed by atoms with Crippen molar-refractivity contribution in [2.24, 2.45) is 5.41 Å². The fourth-order valence-electron chi connectivity index (χ4n) is 2.89. The number of hydrogen-bond donors (Lipinski definition) is 1. The lowest BCUT2D eigenvalue weighted by Crippen LogP contribution is -2.55. The van der Waals surface area contributed by atoms with Crippen LogP contribution in [-0.2, 0) is 14.3 Å². The Balaban J connectivity index is 2.02.